The molecule has 4 heteroatoms. The third kappa shape index (κ3) is 2.81. The molecule has 1 aliphatic carbocycles. The van der Waals surface area contributed by atoms with Crippen molar-refractivity contribution < 1.29 is 14.3 Å². The first-order valence-electron chi connectivity index (χ1n) is 6.37. The van der Waals surface area contributed by atoms with Gasteiger partial charge in [0, 0.05) is 11.7 Å². The summed E-state index contributed by atoms with van der Waals surface area (Å²) in [5.41, 5.74) is 0.395. The molecule has 18 heavy (non-hydrogen) atoms. The highest BCUT2D eigenvalue weighted by atomic mass is 19.1. The molecular weight excluding hydrogens is 233 g/mol. The van der Waals surface area contributed by atoms with Crippen LogP contribution in [0.1, 0.15) is 43.0 Å². The van der Waals surface area contributed by atoms with E-state index in [-0.39, 0.29) is 5.56 Å². The molecule has 1 aliphatic rings. The summed E-state index contributed by atoms with van der Waals surface area (Å²) in [5.74, 6) is -1.30. The molecule has 1 fully saturated rings. The number of hydrogen-bond acceptors (Lipinski definition) is 2. The minimum atomic E-state index is -1.23. The van der Waals surface area contributed by atoms with E-state index in [0.29, 0.717) is 17.6 Å². The van der Waals surface area contributed by atoms with E-state index in [1.807, 2.05) is 0 Å². The Labute approximate surface area is 106 Å². The van der Waals surface area contributed by atoms with Crippen LogP contribution >= 0.6 is 0 Å². The number of aromatic carboxylic acids is 1. The van der Waals surface area contributed by atoms with Crippen molar-refractivity contribution in [1.82, 2.24) is 0 Å². The molecule has 1 aromatic carbocycles. The lowest BCUT2D eigenvalue weighted by Crippen LogP contribution is -2.23. The van der Waals surface area contributed by atoms with E-state index >= 15 is 0 Å². The van der Waals surface area contributed by atoms with Crippen molar-refractivity contribution in [3.63, 3.8) is 0 Å². The van der Waals surface area contributed by atoms with Gasteiger partial charge in [-0.1, -0.05) is 12.8 Å². The van der Waals surface area contributed by atoms with Crippen LogP contribution in [0.5, 0.6) is 0 Å². The molecule has 0 saturated heterocycles. The van der Waals surface area contributed by atoms with Gasteiger partial charge in [-0.25, -0.2) is 9.18 Å². The fourth-order valence-electron chi connectivity index (χ4n) is 2.62. The minimum absolute atomic E-state index is 0.279. The van der Waals surface area contributed by atoms with E-state index in [2.05, 4.69) is 12.2 Å². The number of nitrogens with one attached hydrogen (secondary N) is 1. The van der Waals surface area contributed by atoms with Crippen LogP contribution in [0.3, 0.4) is 0 Å². The predicted molar refractivity (Wildman–Crippen MR) is 68.4 cm³/mol. The van der Waals surface area contributed by atoms with Gasteiger partial charge in [-0.15, -0.1) is 0 Å². The number of carboxylic acid groups (broad SMARTS) is 1. The highest BCUT2D eigenvalue weighted by molar-refractivity contribution is 5.89. The van der Waals surface area contributed by atoms with E-state index in [9.17, 15) is 9.18 Å². The van der Waals surface area contributed by atoms with Gasteiger partial charge in [0.15, 0.2) is 0 Å². The topological polar surface area (TPSA) is 49.3 Å². The Morgan fingerprint density at radius 2 is 2.11 bits per heavy atom. The van der Waals surface area contributed by atoms with Crippen LogP contribution in [0.25, 0.3) is 0 Å². The normalized spacial score (nSPS) is 17.7. The van der Waals surface area contributed by atoms with Crippen molar-refractivity contribution in [3.05, 3.63) is 29.6 Å². The number of carboxylic acids is 1. The van der Waals surface area contributed by atoms with Gasteiger partial charge >= 0.3 is 5.97 Å². The molecule has 0 bridgehead atoms. The maximum absolute atomic E-state index is 13.3. The summed E-state index contributed by atoms with van der Waals surface area (Å²) in [7, 11) is 0. The van der Waals surface area contributed by atoms with Gasteiger partial charge in [-0.2, -0.15) is 0 Å². The molecule has 98 valence electrons. The lowest BCUT2D eigenvalue weighted by molar-refractivity contribution is 0.0692. The highest BCUT2D eigenvalue weighted by Crippen LogP contribution is 2.29. The molecule has 3 nitrogen and oxygen atoms in total. The third-order valence-electron chi connectivity index (χ3n) is 3.70. The molecule has 0 radical (unpaired) electrons. The smallest absolute Gasteiger partial charge is 0.338 e. The lowest BCUT2D eigenvalue weighted by Gasteiger charge is -2.21. The van der Waals surface area contributed by atoms with Crippen molar-refractivity contribution >= 4 is 11.7 Å². The van der Waals surface area contributed by atoms with Crippen molar-refractivity contribution in [2.24, 2.45) is 5.92 Å². The molecule has 2 N–H and O–H groups in total. The number of rotatable bonds is 4. The van der Waals surface area contributed by atoms with Crippen molar-refractivity contribution in [1.29, 1.82) is 0 Å². The van der Waals surface area contributed by atoms with Gasteiger partial charge < -0.3 is 10.4 Å². The van der Waals surface area contributed by atoms with Crippen LogP contribution in [0.15, 0.2) is 18.2 Å². The molecule has 1 atom stereocenters. The molecule has 1 aromatic rings. The quantitative estimate of drug-likeness (QED) is 0.860. The van der Waals surface area contributed by atoms with Crippen LogP contribution in [0.4, 0.5) is 10.1 Å². The predicted octanol–water partition coefficient (Wildman–Crippen LogP) is 3.51. The first-order valence-corrected chi connectivity index (χ1v) is 6.37. The first kappa shape index (κ1) is 12.9. The number of halogens is 1. The molecule has 0 heterocycles. The number of hydrogen-bond donors (Lipinski definition) is 2. The van der Waals surface area contributed by atoms with Crippen LogP contribution in [-0.4, -0.2) is 17.1 Å². The molecule has 1 unspecified atom stereocenters. The summed E-state index contributed by atoms with van der Waals surface area (Å²) in [4.78, 5) is 10.8. The van der Waals surface area contributed by atoms with Gasteiger partial charge in [-0.3, -0.25) is 0 Å². The average molecular weight is 251 g/mol. The van der Waals surface area contributed by atoms with Crippen molar-refractivity contribution in [2.75, 3.05) is 5.32 Å². The summed E-state index contributed by atoms with van der Waals surface area (Å²) < 4.78 is 13.3. The fraction of sp³-hybridized carbons (Fsp3) is 0.500. The van der Waals surface area contributed by atoms with Gasteiger partial charge in [0.25, 0.3) is 0 Å². The number of carbonyl (C=O) groups is 1. The molecule has 0 amide bonds. The first-order chi connectivity index (χ1) is 8.58. The van der Waals surface area contributed by atoms with Crippen molar-refractivity contribution in [3.8, 4) is 0 Å². The molecule has 0 aliphatic heterocycles. The third-order valence-corrected chi connectivity index (χ3v) is 3.70. The van der Waals surface area contributed by atoms with Crippen LogP contribution in [0.2, 0.25) is 0 Å². The number of benzene rings is 1. The summed E-state index contributed by atoms with van der Waals surface area (Å²) in [5, 5.41) is 12.1. The van der Waals surface area contributed by atoms with E-state index < -0.39 is 11.8 Å². The lowest BCUT2D eigenvalue weighted by atomic mass is 9.99. The summed E-state index contributed by atoms with van der Waals surface area (Å²) in [6.45, 7) is 2.10. The highest BCUT2D eigenvalue weighted by Gasteiger charge is 2.21. The fourth-order valence-corrected chi connectivity index (χ4v) is 2.62. The minimum Gasteiger partial charge on any atom is -0.478 e. The Hall–Kier alpha value is -1.58. The Morgan fingerprint density at radius 1 is 1.44 bits per heavy atom. The Bertz CT molecular complexity index is 441. The zero-order valence-electron chi connectivity index (χ0n) is 10.4. The van der Waals surface area contributed by atoms with Gasteiger partial charge in [0.05, 0.1) is 5.56 Å². The maximum Gasteiger partial charge on any atom is 0.338 e. The standard InChI is InChI=1S/C14H18FNO2/c1-9(10-4-2-3-5-10)16-11-6-7-13(15)12(8-11)14(17)18/h6-10,16H,2-5H2,1H3,(H,17,18). The Balaban J connectivity index is 2.09. The zero-order valence-corrected chi connectivity index (χ0v) is 10.4. The van der Waals surface area contributed by atoms with Crippen molar-refractivity contribution in [2.45, 2.75) is 38.6 Å². The van der Waals surface area contributed by atoms with Crippen LogP contribution in [0, 0.1) is 11.7 Å². The largest absolute Gasteiger partial charge is 0.478 e. The second-order valence-electron chi connectivity index (χ2n) is 4.98. The van der Waals surface area contributed by atoms with Gasteiger partial charge in [0.2, 0.25) is 0 Å². The molecule has 0 spiro atoms. The van der Waals surface area contributed by atoms with E-state index in [0.717, 1.165) is 0 Å². The molecule has 2 rings (SSSR count). The Morgan fingerprint density at radius 3 is 2.72 bits per heavy atom. The molecular formula is C14H18FNO2. The zero-order chi connectivity index (χ0) is 13.1. The second kappa shape index (κ2) is 5.38. The molecule has 1 saturated carbocycles. The second-order valence-corrected chi connectivity index (χ2v) is 4.98. The average Bonchev–Trinajstić information content (AvgIpc) is 2.85. The monoisotopic (exact) mass is 251 g/mol. The van der Waals surface area contributed by atoms with Gasteiger partial charge in [-0.05, 0) is 43.9 Å². The maximum atomic E-state index is 13.3. The number of anilines is 1. The molecule has 0 aromatic heterocycles. The van der Waals surface area contributed by atoms with Crippen LogP contribution < -0.4 is 5.32 Å². The SMILES string of the molecule is CC(Nc1ccc(F)c(C(=O)O)c1)C1CCCC1. The van der Waals surface area contributed by atoms with Crippen LogP contribution in [-0.2, 0) is 0 Å². The van der Waals surface area contributed by atoms with E-state index in [1.54, 1.807) is 6.07 Å². The van der Waals surface area contributed by atoms with E-state index in [4.69, 9.17) is 5.11 Å². The van der Waals surface area contributed by atoms with Gasteiger partial charge in [0.1, 0.15) is 5.82 Å². The summed E-state index contributed by atoms with van der Waals surface area (Å²) in [6, 6.07) is 4.45. The summed E-state index contributed by atoms with van der Waals surface area (Å²) in [6.07, 6.45) is 4.95. The Kier molecular flexibility index (Phi) is 3.84. The summed E-state index contributed by atoms with van der Waals surface area (Å²) >= 11 is 0. The van der Waals surface area contributed by atoms with E-state index in [1.165, 1.54) is 37.8 Å².